The summed E-state index contributed by atoms with van der Waals surface area (Å²) in [5.74, 6) is 0.461. The lowest BCUT2D eigenvalue weighted by atomic mass is 10.0. The Bertz CT molecular complexity index is 542. The zero-order chi connectivity index (χ0) is 12.4. The maximum Gasteiger partial charge on any atom is 0.128 e. The number of nitrogens with zero attached hydrogens (tertiary/aromatic N) is 2. The van der Waals surface area contributed by atoms with Gasteiger partial charge in [0.25, 0.3) is 0 Å². The van der Waals surface area contributed by atoms with Gasteiger partial charge in [0.2, 0.25) is 0 Å². The zero-order valence-electron chi connectivity index (χ0n) is 9.39. The third-order valence-corrected chi connectivity index (χ3v) is 2.94. The monoisotopic (exact) mass is 292 g/mol. The van der Waals surface area contributed by atoms with Gasteiger partial charge in [-0.25, -0.2) is 4.98 Å². The summed E-state index contributed by atoms with van der Waals surface area (Å²) in [6.07, 6.45) is 5.18. The van der Waals surface area contributed by atoms with Gasteiger partial charge in [-0.15, -0.1) is 0 Å². The lowest BCUT2D eigenvalue weighted by Crippen LogP contribution is -2.15. The van der Waals surface area contributed by atoms with E-state index >= 15 is 0 Å². The molecule has 1 unspecified atom stereocenters. The molecule has 0 aliphatic rings. The molecular formula is C12H13BrN4. The summed E-state index contributed by atoms with van der Waals surface area (Å²) >= 11 is 3.37. The van der Waals surface area contributed by atoms with Gasteiger partial charge in [0, 0.05) is 28.6 Å². The highest BCUT2D eigenvalue weighted by Crippen LogP contribution is 2.25. The first kappa shape index (κ1) is 12.0. The number of hydrogen-bond acceptors (Lipinski definition) is 4. The van der Waals surface area contributed by atoms with Crippen LogP contribution in [0.3, 0.4) is 0 Å². The van der Waals surface area contributed by atoms with E-state index in [4.69, 9.17) is 11.5 Å². The Morgan fingerprint density at radius 1 is 1.24 bits per heavy atom. The molecule has 0 radical (unpaired) electrons. The third-order valence-electron chi connectivity index (χ3n) is 2.51. The number of pyridine rings is 2. The van der Waals surface area contributed by atoms with E-state index in [0.717, 1.165) is 21.2 Å². The molecule has 1 atom stereocenters. The van der Waals surface area contributed by atoms with Crippen LogP contribution >= 0.6 is 15.9 Å². The summed E-state index contributed by atoms with van der Waals surface area (Å²) in [6.45, 7) is 1.96. The van der Waals surface area contributed by atoms with Gasteiger partial charge in [0.1, 0.15) is 5.82 Å². The summed E-state index contributed by atoms with van der Waals surface area (Å²) in [4.78, 5) is 8.21. The second-order valence-electron chi connectivity index (χ2n) is 3.90. The van der Waals surface area contributed by atoms with E-state index in [-0.39, 0.29) is 6.04 Å². The standard InChI is InChI=1S/C12H13BrN4/c1-7-2-10(12(15)17-4-7)11(14)8-3-9(13)6-16-5-8/h2-6,11H,14H2,1H3,(H2,15,17). The molecule has 88 valence electrons. The van der Waals surface area contributed by atoms with E-state index in [1.54, 1.807) is 18.6 Å². The first-order valence-electron chi connectivity index (χ1n) is 5.16. The predicted molar refractivity (Wildman–Crippen MR) is 71.4 cm³/mol. The molecule has 4 nitrogen and oxygen atoms in total. The summed E-state index contributed by atoms with van der Waals surface area (Å²) in [6, 6.07) is 3.57. The smallest absolute Gasteiger partial charge is 0.128 e. The molecule has 2 aromatic rings. The molecule has 0 bridgehead atoms. The van der Waals surface area contributed by atoms with E-state index in [0.29, 0.717) is 5.82 Å². The number of aryl methyl sites for hydroxylation is 1. The molecule has 0 aliphatic carbocycles. The predicted octanol–water partition coefficient (Wildman–Crippen LogP) is 2.18. The van der Waals surface area contributed by atoms with E-state index in [9.17, 15) is 0 Å². The summed E-state index contributed by atoms with van der Waals surface area (Å²) < 4.78 is 0.893. The Hall–Kier alpha value is -1.46. The van der Waals surface area contributed by atoms with Crippen molar-refractivity contribution >= 4 is 21.7 Å². The fraction of sp³-hybridized carbons (Fsp3) is 0.167. The minimum absolute atomic E-state index is 0.313. The molecule has 5 heteroatoms. The van der Waals surface area contributed by atoms with Gasteiger partial charge in [-0.3, -0.25) is 4.98 Å². The number of aromatic nitrogens is 2. The molecule has 17 heavy (non-hydrogen) atoms. The largest absolute Gasteiger partial charge is 0.383 e. The fourth-order valence-corrected chi connectivity index (χ4v) is 2.01. The Labute approximate surface area is 108 Å². The molecule has 0 aliphatic heterocycles. The summed E-state index contributed by atoms with van der Waals surface area (Å²) in [5, 5.41) is 0. The van der Waals surface area contributed by atoms with Crippen LogP contribution in [0, 0.1) is 6.92 Å². The van der Waals surface area contributed by atoms with Crippen molar-refractivity contribution in [2.24, 2.45) is 5.73 Å². The number of nitrogens with two attached hydrogens (primary N) is 2. The van der Waals surface area contributed by atoms with Gasteiger partial charge in [0.15, 0.2) is 0 Å². The molecule has 0 fully saturated rings. The fourth-order valence-electron chi connectivity index (χ4n) is 1.63. The van der Waals surface area contributed by atoms with Crippen LogP contribution in [0.15, 0.2) is 35.2 Å². The molecule has 2 rings (SSSR count). The first-order valence-corrected chi connectivity index (χ1v) is 5.95. The second kappa shape index (κ2) is 4.81. The highest BCUT2D eigenvalue weighted by atomic mass is 79.9. The van der Waals surface area contributed by atoms with Crippen molar-refractivity contribution in [2.75, 3.05) is 5.73 Å². The summed E-state index contributed by atoms with van der Waals surface area (Å²) in [5.41, 5.74) is 14.8. The lowest BCUT2D eigenvalue weighted by molar-refractivity contribution is 0.856. The molecule has 2 aromatic heterocycles. The number of nitrogen functional groups attached to an aromatic ring is 1. The van der Waals surface area contributed by atoms with Crippen LogP contribution in [0.1, 0.15) is 22.7 Å². The van der Waals surface area contributed by atoms with E-state index < -0.39 is 0 Å². The van der Waals surface area contributed by atoms with Gasteiger partial charge < -0.3 is 11.5 Å². The van der Waals surface area contributed by atoms with E-state index in [1.807, 2.05) is 19.1 Å². The maximum absolute atomic E-state index is 6.17. The lowest BCUT2D eigenvalue weighted by Gasteiger charge is -2.14. The van der Waals surface area contributed by atoms with E-state index in [2.05, 4.69) is 25.9 Å². The number of halogens is 1. The molecular weight excluding hydrogens is 280 g/mol. The van der Waals surface area contributed by atoms with Crippen molar-refractivity contribution in [1.29, 1.82) is 0 Å². The van der Waals surface area contributed by atoms with Crippen molar-refractivity contribution in [2.45, 2.75) is 13.0 Å². The first-order chi connectivity index (χ1) is 8.08. The van der Waals surface area contributed by atoms with Crippen LogP contribution in [0.4, 0.5) is 5.82 Å². The molecule has 0 aromatic carbocycles. The second-order valence-corrected chi connectivity index (χ2v) is 4.82. The van der Waals surface area contributed by atoms with Crippen LogP contribution in [-0.2, 0) is 0 Å². The van der Waals surface area contributed by atoms with E-state index in [1.165, 1.54) is 0 Å². The van der Waals surface area contributed by atoms with Gasteiger partial charge in [-0.1, -0.05) is 0 Å². The number of hydrogen-bond donors (Lipinski definition) is 2. The number of anilines is 1. The van der Waals surface area contributed by atoms with Crippen LogP contribution in [0.25, 0.3) is 0 Å². The van der Waals surface area contributed by atoms with Crippen molar-refractivity contribution in [1.82, 2.24) is 9.97 Å². The summed E-state index contributed by atoms with van der Waals surface area (Å²) in [7, 11) is 0. The van der Waals surface area contributed by atoms with Crippen molar-refractivity contribution in [3.63, 3.8) is 0 Å². The Balaban J connectivity index is 2.43. The SMILES string of the molecule is Cc1cnc(N)c(C(N)c2cncc(Br)c2)c1. The average Bonchev–Trinajstić information content (AvgIpc) is 2.31. The van der Waals surface area contributed by atoms with Crippen molar-refractivity contribution < 1.29 is 0 Å². The highest BCUT2D eigenvalue weighted by Gasteiger charge is 2.13. The van der Waals surface area contributed by atoms with Crippen molar-refractivity contribution in [3.8, 4) is 0 Å². The molecule has 0 spiro atoms. The molecule has 0 saturated heterocycles. The minimum Gasteiger partial charge on any atom is -0.383 e. The van der Waals surface area contributed by atoms with Gasteiger partial charge >= 0.3 is 0 Å². The van der Waals surface area contributed by atoms with Crippen LogP contribution in [-0.4, -0.2) is 9.97 Å². The van der Waals surface area contributed by atoms with Crippen LogP contribution in [0.5, 0.6) is 0 Å². The average molecular weight is 293 g/mol. The topological polar surface area (TPSA) is 77.8 Å². The quantitative estimate of drug-likeness (QED) is 0.889. The molecule has 2 heterocycles. The highest BCUT2D eigenvalue weighted by molar-refractivity contribution is 9.10. The van der Waals surface area contributed by atoms with Gasteiger partial charge in [-0.2, -0.15) is 0 Å². The Morgan fingerprint density at radius 3 is 2.71 bits per heavy atom. The van der Waals surface area contributed by atoms with Crippen LogP contribution < -0.4 is 11.5 Å². The van der Waals surface area contributed by atoms with Gasteiger partial charge in [0.05, 0.1) is 6.04 Å². The zero-order valence-corrected chi connectivity index (χ0v) is 11.0. The van der Waals surface area contributed by atoms with Crippen molar-refractivity contribution in [3.05, 3.63) is 51.9 Å². The maximum atomic E-state index is 6.17. The normalized spacial score (nSPS) is 12.4. The van der Waals surface area contributed by atoms with Gasteiger partial charge in [-0.05, 0) is 46.1 Å². The third kappa shape index (κ3) is 2.62. The minimum atomic E-state index is -0.313. The molecule has 0 saturated carbocycles. The Kier molecular flexibility index (Phi) is 3.40. The number of rotatable bonds is 2. The molecule has 0 amide bonds. The Morgan fingerprint density at radius 2 is 2.00 bits per heavy atom. The molecule has 4 N–H and O–H groups in total. The van der Waals surface area contributed by atoms with Crippen LogP contribution in [0.2, 0.25) is 0 Å².